The zero-order valence-electron chi connectivity index (χ0n) is 12.8. The first kappa shape index (κ1) is 14.3. The maximum atomic E-state index is 11.8. The Morgan fingerprint density at radius 2 is 2.05 bits per heavy atom. The van der Waals surface area contributed by atoms with Crippen LogP contribution in [0.25, 0.3) is 0 Å². The molecule has 2 heterocycles. The molecule has 2 fully saturated rings. The summed E-state index contributed by atoms with van der Waals surface area (Å²) in [6, 6.07) is 1.96. The molecule has 0 atom stereocenters. The molecule has 114 valence electrons. The zero-order valence-corrected chi connectivity index (χ0v) is 12.8. The van der Waals surface area contributed by atoms with Crippen molar-refractivity contribution in [1.29, 1.82) is 0 Å². The molecule has 0 spiro atoms. The van der Waals surface area contributed by atoms with Crippen molar-refractivity contribution in [3.63, 3.8) is 0 Å². The van der Waals surface area contributed by atoms with E-state index in [1.807, 2.05) is 13.0 Å². The minimum atomic E-state index is 0.147. The minimum Gasteiger partial charge on any atom is -0.350 e. The first-order valence-corrected chi connectivity index (χ1v) is 8.07. The van der Waals surface area contributed by atoms with Gasteiger partial charge in [-0.2, -0.15) is 0 Å². The van der Waals surface area contributed by atoms with E-state index >= 15 is 0 Å². The number of hydrogen-bond donors (Lipinski definition) is 1. The summed E-state index contributed by atoms with van der Waals surface area (Å²) < 4.78 is 0. The van der Waals surface area contributed by atoms with Gasteiger partial charge < -0.3 is 10.2 Å². The molecule has 1 aromatic rings. The number of nitrogens with one attached hydrogen (secondary N) is 1. The maximum Gasteiger partial charge on any atom is 0.225 e. The second-order valence-corrected chi connectivity index (χ2v) is 6.27. The Labute approximate surface area is 126 Å². The molecule has 3 rings (SSSR count). The molecule has 2 aliphatic rings. The molecule has 1 saturated carbocycles. The van der Waals surface area contributed by atoms with E-state index < -0.39 is 0 Å². The molecular weight excluding hydrogens is 264 g/mol. The fraction of sp³-hybridized carbons (Fsp3) is 0.688. The summed E-state index contributed by atoms with van der Waals surface area (Å²) in [7, 11) is 0. The molecule has 5 heteroatoms. The van der Waals surface area contributed by atoms with Gasteiger partial charge in [0.25, 0.3) is 0 Å². The van der Waals surface area contributed by atoms with Gasteiger partial charge in [-0.05, 0) is 51.0 Å². The van der Waals surface area contributed by atoms with Crippen LogP contribution in [-0.2, 0) is 11.3 Å². The highest BCUT2D eigenvalue weighted by molar-refractivity contribution is 5.76. The minimum absolute atomic E-state index is 0.147. The molecule has 0 bridgehead atoms. The van der Waals surface area contributed by atoms with Crippen LogP contribution >= 0.6 is 0 Å². The Kier molecular flexibility index (Phi) is 4.36. The largest absolute Gasteiger partial charge is 0.350 e. The van der Waals surface area contributed by atoms with E-state index in [1.54, 1.807) is 0 Å². The van der Waals surface area contributed by atoms with Crippen molar-refractivity contribution in [2.45, 2.75) is 52.0 Å². The number of aryl methyl sites for hydroxylation is 1. The van der Waals surface area contributed by atoms with Gasteiger partial charge in [0, 0.05) is 25.2 Å². The Bertz CT molecular complexity index is 507. The summed E-state index contributed by atoms with van der Waals surface area (Å²) in [5.74, 6) is 1.59. The van der Waals surface area contributed by atoms with Crippen molar-refractivity contribution in [3.05, 3.63) is 17.5 Å². The van der Waals surface area contributed by atoms with Crippen molar-refractivity contribution in [3.8, 4) is 0 Å². The third-order valence-corrected chi connectivity index (χ3v) is 4.17. The van der Waals surface area contributed by atoms with Crippen LogP contribution in [0.5, 0.6) is 0 Å². The van der Waals surface area contributed by atoms with Gasteiger partial charge >= 0.3 is 0 Å². The van der Waals surface area contributed by atoms with Crippen LogP contribution in [0.2, 0.25) is 0 Å². The summed E-state index contributed by atoms with van der Waals surface area (Å²) in [6.07, 6.45) is 6.81. The molecule has 0 unspecified atom stereocenters. The van der Waals surface area contributed by atoms with E-state index in [9.17, 15) is 4.79 Å². The number of rotatable bonds is 5. The highest BCUT2D eigenvalue weighted by Crippen LogP contribution is 2.32. The number of piperidine rings is 1. The van der Waals surface area contributed by atoms with Crippen molar-refractivity contribution in [2.75, 3.05) is 18.0 Å². The third kappa shape index (κ3) is 4.16. The Morgan fingerprint density at radius 3 is 2.76 bits per heavy atom. The van der Waals surface area contributed by atoms with Gasteiger partial charge in [0.05, 0.1) is 12.2 Å². The highest BCUT2D eigenvalue weighted by atomic mass is 16.1. The molecule has 21 heavy (non-hydrogen) atoms. The van der Waals surface area contributed by atoms with Gasteiger partial charge in [-0.1, -0.05) is 0 Å². The normalized spacial score (nSPS) is 18.6. The number of carbonyl (C=O) groups is 1. The van der Waals surface area contributed by atoms with E-state index in [0.717, 1.165) is 30.4 Å². The second-order valence-electron chi connectivity index (χ2n) is 6.27. The third-order valence-electron chi connectivity index (χ3n) is 4.17. The average Bonchev–Trinajstić information content (AvgIpc) is 3.29. The summed E-state index contributed by atoms with van der Waals surface area (Å²) in [5, 5.41) is 2.98. The van der Waals surface area contributed by atoms with Gasteiger partial charge in [-0.15, -0.1) is 0 Å². The number of nitrogens with zero attached hydrogens (tertiary/aromatic N) is 3. The van der Waals surface area contributed by atoms with Gasteiger partial charge in [0.15, 0.2) is 0 Å². The van der Waals surface area contributed by atoms with Crippen molar-refractivity contribution in [1.82, 2.24) is 15.3 Å². The van der Waals surface area contributed by atoms with Crippen LogP contribution in [-0.4, -0.2) is 29.0 Å². The Hall–Kier alpha value is -1.65. The molecule has 0 aromatic carbocycles. The number of amides is 1. The van der Waals surface area contributed by atoms with Crippen LogP contribution in [0.15, 0.2) is 6.07 Å². The Morgan fingerprint density at radius 1 is 1.29 bits per heavy atom. The summed E-state index contributed by atoms with van der Waals surface area (Å²) >= 11 is 0. The van der Waals surface area contributed by atoms with E-state index in [4.69, 9.17) is 0 Å². The maximum absolute atomic E-state index is 11.8. The first-order chi connectivity index (χ1) is 10.2. The van der Waals surface area contributed by atoms with Crippen LogP contribution in [0.4, 0.5) is 5.95 Å². The van der Waals surface area contributed by atoms with Crippen LogP contribution in [0, 0.1) is 12.8 Å². The smallest absolute Gasteiger partial charge is 0.225 e. The van der Waals surface area contributed by atoms with Crippen molar-refractivity contribution >= 4 is 11.9 Å². The number of anilines is 1. The fourth-order valence-corrected chi connectivity index (χ4v) is 2.79. The predicted octanol–water partition coefficient (Wildman–Crippen LogP) is 2.19. The van der Waals surface area contributed by atoms with E-state index in [1.165, 1.54) is 32.1 Å². The quantitative estimate of drug-likeness (QED) is 0.902. The van der Waals surface area contributed by atoms with Gasteiger partial charge in [0.1, 0.15) is 0 Å². The lowest BCUT2D eigenvalue weighted by Gasteiger charge is -2.27. The molecule has 0 radical (unpaired) electrons. The zero-order chi connectivity index (χ0) is 14.7. The number of aromatic nitrogens is 2. The monoisotopic (exact) mass is 288 g/mol. The average molecular weight is 288 g/mol. The summed E-state index contributed by atoms with van der Waals surface area (Å²) in [5.41, 5.74) is 1.88. The lowest BCUT2D eigenvalue weighted by molar-refractivity contribution is -0.121. The highest BCUT2D eigenvalue weighted by Gasteiger charge is 2.24. The lowest BCUT2D eigenvalue weighted by Crippen LogP contribution is -2.32. The summed E-state index contributed by atoms with van der Waals surface area (Å²) in [4.78, 5) is 23.2. The SMILES string of the molecule is Cc1cc(CNC(=O)CC2CC2)nc(N2CCCCC2)n1. The van der Waals surface area contributed by atoms with E-state index in [2.05, 4.69) is 20.2 Å². The standard InChI is InChI=1S/C16H24N4O/c1-12-9-14(11-17-15(21)10-13-5-6-13)19-16(18-12)20-7-3-2-4-8-20/h9,13H,2-8,10-11H2,1H3,(H,17,21). The van der Waals surface area contributed by atoms with Crippen LogP contribution in [0.3, 0.4) is 0 Å². The molecular formula is C16H24N4O. The molecule has 1 saturated heterocycles. The van der Waals surface area contributed by atoms with Gasteiger partial charge in [0.2, 0.25) is 11.9 Å². The molecule has 5 nitrogen and oxygen atoms in total. The van der Waals surface area contributed by atoms with Gasteiger partial charge in [-0.25, -0.2) is 9.97 Å². The van der Waals surface area contributed by atoms with E-state index in [-0.39, 0.29) is 5.91 Å². The van der Waals surface area contributed by atoms with Gasteiger partial charge in [-0.3, -0.25) is 4.79 Å². The van der Waals surface area contributed by atoms with E-state index in [0.29, 0.717) is 18.9 Å². The predicted molar refractivity (Wildman–Crippen MR) is 82.0 cm³/mol. The van der Waals surface area contributed by atoms with Crippen LogP contribution < -0.4 is 10.2 Å². The molecule has 1 N–H and O–H groups in total. The van der Waals surface area contributed by atoms with Crippen molar-refractivity contribution < 1.29 is 4.79 Å². The number of carbonyl (C=O) groups excluding carboxylic acids is 1. The first-order valence-electron chi connectivity index (χ1n) is 8.07. The van der Waals surface area contributed by atoms with Crippen molar-refractivity contribution in [2.24, 2.45) is 5.92 Å². The lowest BCUT2D eigenvalue weighted by atomic mass is 10.1. The molecule has 1 aromatic heterocycles. The molecule has 1 aliphatic carbocycles. The second kappa shape index (κ2) is 6.41. The number of hydrogen-bond acceptors (Lipinski definition) is 4. The van der Waals surface area contributed by atoms with Crippen LogP contribution in [0.1, 0.15) is 49.9 Å². The summed E-state index contributed by atoms with van der Waals surface area (Å²) in [6.45, 7) is 4.58. The topological polar surface area (TPSA) is 58.1 Å². The fourth-order valence-electron chi connectivity index (χ4n) is 2.79. The molecule has 1 amide bonds. The molecule has 1 aliphatic heterocycles. The Balaban J connectivity index is 1.61.